The Morgan fingerprint density at radius 3 is 2.25 bits per heavy atom. The van der Waals surface area contributed by atoms with E-state index in [4.69, 9.17) is 4.74 Å². The summed E-state index contributed by atoms with van der Waals surface area (Å²) in [6, 6.07) is 19.3. The van der Waals surface area contributed by atoms with Gasteiger partial charge in [-0.3, -0.25) is 0 Å². The van der Waals surface area contributed by atoms with Crippen LogP contribution in [0.5, 0.6) is 0 Å². The highest BCUT2D eigenvalue weighted by atomic mass is 16.5. The van der Waals surface area contributed by atoms with Crippen LogP contribution in [0.3, 0.4) is 0 Å². The molecule has 2 heteroatoms. The maximum atomic E-state index is 6.21. The molecule has 0 saturated carbocycles. The summed E-state index contributed by atoms with van der Waals surface area (Å²) in [5.41, 5.74) is 3.82. The molecule has 2 aromatic rings. The third-order valence-electron chi connectivity index (χ3n) is 4.13. The summed E-state index contributed by atoms with van der Waals surface area (Å²) >= 11 is 0. The Morgan fingerprint density at radius 2 is 1.55 bits per heavy atom. The maximum Gasteiger partial charge on any atom is 0.128 e. The van der Waals surface area contributed by atoms with Crippen molar-refractivity contribution in [2.24, 2.45) is 0 Å². The molecule has 0 spiro atoms. The normalized spacial score (nSPS) is 25.9. The van der Waals surface area contributed by atoms with Gasteiger partial charge in [0.15, 0.2) is 0 Å². The van der Waals surface area contributed by atoms with Crippen LogP contribution in [0.15, 0.2) is 54.6 Å². The Bertz CT molecular complexity index is 581. The summed E-state index contributed by atoms with van der Waals surface area (Å²) in [4.78, 5) is 2.38. The van der Waals surface area contributed by atoms with E-state index >= 15 is 0 Å². The summed E-state index contributed by atoms with van der Waals surface area (Å²) in [6.07, 6.45) is 0.224. The van der Waals surface area contributed by atoms with E-state index in [1.165, 1.54) is 16.8 Å². The van der Waals surface area contributed by atoms with Gasteiger partial charge in [-0.1, -0.05) is 48.5 Å². The molecule has 1 aliphatic heterocycles. The van der Waals surface area contributed by atoms with Gasteiger partial charge in [0.25, 0.3) is 0 Å². The van der Waals surface area contributed by atoms with E-state index in [0.29, 0.717) is 6.04 Å². The molecule has 0 N–H and O–H groups in total. The smallest absolute Gasteiger partial charge is 0.128 e. The first-order valence-electron chi connectivity index (χ1n) is 7.23. The summed E-state index contributed by atoms with van der Waals surface area (Å²) in [5, 5.41) is 0. The van der Waals surface area contributed by atoms with E-state index in [0.717, 1.165) is 0 Å². The molecule has 1 heterocycles. The second-order valence-electron chi connectivity index (χ2n) is 5.50. The zero-order chi connectivity index (χ0) is 14.1. The van der Waals surface area contributed by atoms with Gasteiger partial charge in [0.1, 0.15) is 12.3 Å². The molecule has 0 amide bonds. The number of aryl methyl sites for hydroxylation is 1. The third-order valence-corrected chi connectivity index (χ3v) is 4.13. The standard InChI is InChI=1S/C18H21NO/c1-13-9-7-8-12-17(13)19-14(2)18(20-15(19)3)16-10-5-4-6-11-16/h4-12,14-15,18H,1-3H3/t14-,15?,18?/m0/s1. The lowest BCUT2D eigenvalue weighted by atomic mass is 10.0. The van der Waals surface area contributed by atoms with Crippen LogP contribution in [-0.4, -0.2) is 12.3 Å². The van der Waals surface area contributed by atoms with Crippen molar-refractivity contribution < 1.29 is 4.74 Å². The van der Waals surface area contributed by atoms with Crippen LogP contribution < -0.4 is 4.90 Å². The number of nitrogens with zero attached hydrogens (tertiary/aromatic N) is 1. The highest BCUT2D eigenvalue weighted by molar-refractivity contribution is 5.55. The van der Waals surface area contributed by atoms with E-state index in [9.17, 15) is 0 Å². The average molecular weight is 267 g/mol. The van der Waals surface area contributed by atoms with Crippen LogP contribution in [0.4, 0.5) is 5.69 Å². The van der Waals surface area contributed by atoms with Crippen molar-refractivity contribution in [2.75, 3.05) is 4.90 Å². The van der Waals surface area contributed by atoms with E-state index in [2.05, 4.69) is 74.2 Å². The van der Waals surface area contributed by atoms with Crippen LogP contribution in [-0.2, 0) is 4.74 Å². The molecule has 1 saturated heterocycles. The van der Waals surface area contributed by atoms with Crippen LogP contribution in [0, 0.1) is 6.92 Å². The molecule has 2 unspecified atom stereocenters. The SMILES string of the molecule is Cc1ccccc1N1C(C)OC(c2ccccc2)[C@@H]1C. The zero-order valence-electron chi connectivity index (χ0n) is 12.3. The topological polar surface area (TPSA) is 12.5 Å². The summed E-state index contributed by atoms with van der Waals surface area (Å²) in [5.74, 6) is 0. The number of para-hydroxylation sites is 1. The van der Waals surface area contributed by atoms with E-state index in [1.54, 1.807) is 0 Å². The molecule has 1 aliphatic rings. The molecular formula is C18H21NO. The molecule has 104 valence electrons. The third kappa shape index (κ3) is 2.20. The van der Waals surface area contributed by atoms with E-state index in [-0.39, 0.29) is 12.3 Å². The minimum atomic E-state index is 0.0938. The molecule has 2 nitrogen and oxygen atoms in total. The number of ether oxygens (including phenoxy) is 1. The van der Waals surface area contributed by atoms with Gasteiger partial charge >= 0.3 is 0 Å². The van der Waals surface area contributed by atoms with Crippen molar-refractivity contribution in [1.82, 2.24) is 0 Å². The molecular weight excluding hydrogens is 246 g/mol. The lowest BCUT2D eigenvalue weighted by molar-refractivity contribution is 0.0528. The number of hydrogen-bond donors (Lipinski definition) is 0. The van der Waals surface area contributed by atoms with Crippen molar-refractivity contribution in [3.8, 4) is 0 Å². The molecule has 3 rings (SSSR count). The second-order valence-corrected chi connectivity index (χ2v) is 5.50. The van der Waals surface area contributed by atoms with Gasteiger partial charge in [-0.05, 0) is 38.0 Å². The second kappa shape index (κ2) is 5.29. The maximum absolute atomic E-state index is 6.21. The van der Waals surface area contributed by atoms with Crippen LogP contribution >= 0.6 is 0 Å². The van der Waals surface area contributed by atoms with Crippen molar-refractivity contribution in [3.05, 3.63) is 65.7 Å². The minimum Gasteiger partial charge on any atom is -0.349 e. The molecule has 0 radical (unpaired) electrons. The summed E-state index contributed by atoms with van der Waals surface area (Å²) in [6.45, 7) is 6.53. The number of anilines is 1. The lowest BCUT2D eigenvalue weighted by Gasteiger charge is -2.28. The molecule has 2 aromatic carbocycles. The van der Waals surface area contributed by atoms with Gasteiger partial charge < -0.3 is 9.64 Å². The van der Waals surface area contributed by atoms with Gasteiger partial charge in [-0.15, -0.1) is 0 Å². The fraction of sp³-hybridized carbons (Fsp3) is 0.333. The Balaban J connectivity index is 1.93. The summed E-state index contributed by atoms with van der Waals surface area (Å²) < 4.78 is 6.21. The summed E-state index contributed by atoms with van der Waals surface area (Å²) in [7, 11) is 0. The van der Waals surface area contributed by atoms with Gasteiger partial charge in [-0.25, -0.2) is 0 Å². The highest BCUT2D eigenvalue weighted by Gasteiger charge is 2.38. The van der Waals surface area contributed by atoms with Gasteiger partial charge in [0.05, 0.1) is 6.04 Å². The predicted octanol–water partition coefficient (Wildman–Crippen LogP) is 4.31. The Hall–Kier alpha value is -1.80. The fourth-order valence-electron chi connectivity index (χ4n) is 3.14. The molecule has 0 aromatic heterocycles. The molecule has 0 aliphatic carbocycles. The van der Waals surface area contributed by atoms with Gasteiger partial charge in [0, 0.05) is 5.69 Å². The van der Waals surface area contributed by atoms with Crippen LogP contribution in [0.2, 0.25) is 0 Å². The first-order valence-corrected chi connectivity index (χ1v) is 7.23. The minimum absolute atomic E-state index is 0.0938. The van der Waals surface area contributed by atoms with Crippen LogP contribution in [0.1, 0.15) is 31.1 Å². The fourth-order valence-corrected chi connectivity index (χ4v) is 3.14. The Labute approximate surface area is 121 Å². The predicted molar refractivity (Wildman–Crippen MR) is 82.9 cm³/mol. The van der Waals surface area contributed by atoms with Crippen molar-refractivity contribution >= 4 is 5.69 Å². The monoisotopic (exact) mass is 267 g/mol. The average Bonchev–Trinajstić information content (AvgIpc) is 2.76. The lowest BCUT2D eigenvalue weighted by Crippen LogP contribution is -2.34. The van der Waals surface area contributed by atoms with Crippen molar-refractivity contribution in [3.63, 3.8) is 0 Å². The number of rotatable bonds is 2. The first-order chi connectivity index (χ1) is 9.68. The Morgan fingerprint density at radius 1 is 0.900 bits per heavy atom. The number of benzene rings is 2. The van der Waals surface area contributed by atoms with Gasteiger partial charge in [-0.2, -0.15) is 0 Å². The van der Waals surface area contributed by atoms with Crippen molar-refractivity contribution in [1.29, 1.82) is 0 Å². The Kier molecular flexibility index (Phi) is 3.49. The quantitative estimate of drug-likeness (QED) is 0.804. The molecule has 0 bridgehead atoms. The van der Waals surface area contributed by atoms with E-state index < -0.39 is 0 Å². The van der Waals surface area contributed by atoms with Crippen molar-refractivity contribution in [2.45, 2.75) is 39.1 Å². The zero-order valence-corrected chi connectivity index (χ0v) is 12.3. The molecule has 20 heavy (non-hydrogen) atoms. The molecule has 1 fully saturated rings. The number of hydrogen-bond acceptors (Lipinski definition) is 2. The van der Waals surface area contributed by atoms with Gasteiger partial charge in [0.2, 0.25) is 0 Å². The first kappa shape index (κ1) is 13.2. The molecule has 3 atom stereocenters. The van der Waals surface area contributed by atoms with Crippen LogP contribution in [0.25, 0.3) is 0 Å². The largest absolute Gasteiger partial charge is 0.349 e. The highest BCUT2D eigenvalue weighted by Crippen LogP contribution is 2.38. The van der Waals surface area contributed by atoms with E-state index in [1.807, 2.05) is 6.07 Å².